The lowest BCUT2D eigenvalue weighted by Gasteiger charge is -2.28. The van der Waals surface area contributed by atoms with Crippen LogP contribution in [0, 0.1) is 5.92 Å². The average molecular weight is 256 g/mol. The first-order valence-electron chi connectivity index (χ1n) is 6.88. The molecule has 0 saturated carbocycles. The van der Waals surface area contributed by atoms with Crippen LogP contribution in [0.2, 0.25) is 0 Å². The van der Waals surface area contributed by atoms with Crippen molar-refractivity contribution in [3.8, 4) is 0 Å². The Balaban J connectivity index is 1.69. The van der Waals surface area contributed by atoms with Crippen molar-refractivity contribution in [1.29, 1.82) is 0 Å². The second-order valence-electron chi connectivity index (χ2n) is 5.31. The van der Waals surface area contributed by atoms with Crippen molar-refractivity contribution in [2.75, 3.05) is 18.8 Å². The number of carbonyl (C=O) groups is 1. The summed E-state index contributed by atoms with van der Waals surface area (Å²) in [6.07, 6.45) is 5.93. The zero-order chi connectivity index (χ0) is 12.1. The van der Waals surface area contributed by atoms with E-state index in [2.05, 4.69) is 17.6 Å². The molecule has 0 aromatic heterocycles. The molecule has 3 atom stereocenters. The largest absolute Gasteiger partial charge is 0.355 e. The lowest BCUT2D eigenvalue weighted by atomic mass is 9.92. The molecule has 2 aliphatic rings. The Labute approximate surface area is 108 Å². The molecular weight excluding hydrogens is 232 g/mol. The summed E-state index contributed by atoms with van der Waals surface area (Å²) in [5, 5.41) is 7.20. The van der Waals surface area contributed by atoms with E-state index >= 15 is 0 Å². The lowest BCUT2D eigenvalue weighted by Crippen LogP contribution is -2.43. The molecule has 0 aromatic carbocycles. The fourth-order valence-electron chi connectivity index (χ4n) is 2.70. The van der Waals surface area contributed by atoms with Crippen LogP contribution in [0.15, 0.2) is 0 Å². The molecular formula is C13H24N2OS. The zero-order valence-corrected chi connectivity index (χ0v) is 11.5. The molecule has 17 heavy (non-hydrogen) atoms. The van der Waals surface area contributed by atoms with Gasteiger partial charge in [0.15, 0.2) is 0 Å². The number of amides is 1. The van der Waals surface area contributed by atoms with Crippen LogP contribution in [0.5, 0.6) is 0 Å². The molecule has 3 unspecified atom stereocenters. The Morgan fingerprint density at radius 2 is 2.29 bits per heavy atom. The number of hydrogen-bond donors (Lipinski definition) is 2. The van der Waals surface area contributed by atoms with Gasteiger partial charge in [0.05, 0.1) is 0 Å². The Bertz CT molecular complexity index is 254. The van der Waals surface area contributed by atoms with Gasteiger partial charge in [0, 0.05) is 23.8 Å². The number of carbonyl (C=O) groups excluding carboxylic acids is 1. The normalized spacial score (nSPS) is 34.3. The molecule has 2 fully saturated rings. The first-order valence-corrected chi connectivity index (χ1v) is 7.93. The smallest absolute Gasteiger partial charge is 0.223 e. The van der Waals surface area contributed by atoms with Crippen LogP contribution < -0.4 is 10.6 Å². The van der Waals surface area contributed by atoms with Crippen molar-refractivity contribution in [3.05, 3.63) is 0 Å². The van der Waals surface area contributed by atoms with Gasteiger partial charge in [0.1, 0.15) is 0 Å². The molecule has 2 heterocycles. The topological polar surface area (TPSA) is 41.1 Å². The zero-order valence-electron chi connectivity index (χ0n) is 10.7. The third-order valence-corrected chi connectivity index (χ3v) is 5.17. The van der Waals surface area contributed by atoms with Crippen molar-refractivity contribution < 1.29 is 4.79 Å². The van der Waals surface area contributed by atoms with Crippen LogP contribution in [-0.4, -0.2) is 36.0 Å². The summed E-state index contributed by atoms with van der Waals surface area (Å²) in [4.78, 5) is 12.0. The summed E-state index contributed by atoms with van der Waals surface area (Å²) in [7, 11) is 0. The molecule has 1 amide bonds. The highest BCUT2D eigenvalue weighted by atomic mass is 32.2. The second kappa shape index (κ2) is 6.64. The van der Waals surface area contributed by atoms with Gasteiger partial charge >= 0.3 is 0 Å². The van der Waals surface area contributed by atoms with Gasteiger partial charge in [-0.05, 0) is 44.9 Å². The number of piperidine rings is 1. The maximum absolute atomic E-state index is 12.0. The van der Waals surface area contributed by atoms with Gasteiger partial charge < -0.3 is 10.6 Å². The van der Waals surface area contributed by atoms with Crippen LogP contribution in [0.4, 0.5) is 0 Å². The Hall–Kier alpha value is -0.220. The number of hydrogen-bond acceptors (Lipinski definition) is 3. The molecule has 3 nitrogen and oxygen atoms in total. The van der Waals surface area contributed by atoms with Crippen molar-refractivity contribution >= 4 is 17.7 Å². The first-order chi connectivity index (χ1) is 8.25. The summed E-state index contributed by atoms with van der Waals surface area (Å²) in [6.45, 7) is 4.02. The summed E-state index contributed by atoms with van der Waals surface area (Å²) in [5.41, 5.74) is 0. The highest BCUT2D eigenvalue weighted by Gasteiger charge is 2.25. The van der Waals surface area contributed by atoms with Crippen LogP contribution in [0.3, 0.4) is 0 Å². The maximum atomic E-state index is 12.0. The molecule has 98 valence electrons. The Morgan fingerprint density at radius 1 is 1.41 bits per heavy atom. The van der Waals surface area contributed by atoms with Gasteiger partial charge in [-0.15, -0.1) is 0 Å². The van der Waals surface area contributed by atoms with Crippen molar-refractivity contribution in [1.82, 2.24) is 10.6 Å². The van der Waals surface area contributed by atoms with Crippen molar-refractivity contribution in [2.45, 2.75) is 50.3 Å². The minimum atomic E-state index is 0.236. The summed E-state index contributed by atoms with van der Waals surface area (Å²) < 4.78 is 0. The quantitative estimate of drug-likeness (QED) is 0.809. The molecule has 0 spiro atoms. The molecule has 2 N–H and O–H groups in total. The fourth-order valence-corrected chi connectivity index (χ4v) is 3.94. The maximum Gasteiger partial charge on any atom is 0.223 e. The van der Waals surface area contributed by atoms with E-state index < -0.39 is 0 Å². The second-order valence-corrected chi connectivity index (χ2v) is 6.72. The van der Waals surface area contributed by atoms with E-state index in [0.717, 1.165) is 25.9 Å². The minimum absolute atomic E-state index is 0.236. The van der Waals surface area contributed by atoms with Crippen LogP contribution in [0.25, 0.3) is 0 Å². The number of nitrogens with one attached hydrogen (secondary N) is 2. The number of rotatable bonds is 3. The summed E-state index contributed by atoms with van der Waals surface area (Å²) in [5.74, 6) is 1.79. The molecule has 0 radical (unpaired) electrons. The van der Waals surface area contributed by atoms with Gasteiger partial charge in [-0.3, -0.25) is 4.79 Å². The molecule has 2 rings (SSSR count). The van der Waals surface area contributed by atoms with Gasteiger partial charge in [-0.2, -0.15) is 11.8 Å². The molecule has 0 bridgehead atoms. The monoisotopic (exact) mass is 256 g/mol. The van der Waals surface area contributed by atoms with Crippen LogP contribution in [-0.2, 0) is 4.79 Å². The van der Waals surface area contributed by atoms with E-state index in [0.29, 0.717) is 11.3 Å². The minimum Gasteiger partial charge on any atom is -0.355 e. The van der Waals surface area contributed by atoms with Crippen molar-refractivity contribution in [2.24, 2.45) is 5.92 Å². The first kappa shape index (κ1) is 13.2. The van der Waals surface area contributed by atoms with Gasteiger partial charge in [-0.25, -0.2) is 0 Å². The fraction of sp³-hybridized carbons (Fsp3) is 0.923. The summed E-state index contributed by atoms with van der Waals surface area (Å²) in [6, 6.07) is 0.489. The molecule has 0 aromatic rings. The Kier molecular flexibility index (Phi) is 5.16. The molecule has 2 saturated heterocycles. The third-order valence-electron chi connectivity index (χ3n) is 3.77. The SMILES string of the molecule is CC1CC(C(=O)NCC2CCCCS2)CCN1. The lowest BCUT2D eigenvalue weighted by molar-refractivity contribution is -0.126. The number of thioether (sulfide) groups is 1. The average Bonchev–Trinajstić information content (AvgIpc) is 2.37. The van der Waals surface area contributed by atoms with E-state index in [9.17, 15) is 4.79 Å². The van der Waals surface area contributed by atoms with Crippen LogP contribution in [0.1, 0.15) is 39.0 Å². The predicted octanol–water partition coefficient (Wildman–Crippen LogP) is 1.78. The standard InChI is InChI=1S/C13H24N2OS/c1-10-8-11(5-6-14-10)13(16)15-9-12-4-2-3-7-17-12/h10-12,14H,2-9H2,1H3,(H,15,16). The molecule has 2 aliphatic heterocycles. The molecule has 0 aliphatic carbocycles. The van der Waals surface area contributed by atoms with E-state index in [1.165, 1.54) is 25.0 Å². The van der Waals surface area contributed by atoms with Gasteiger partial charge in [-0.1, -0.05) is 6.42 Å². The van der Waals surface area contributed by atoms with Gasteiger partial charge in [0.25, 0.3) is 0 Å². The van der Waals surface area contributed by atoms with E-state index in [1.807, 2.05) is 11.8 Å². The molecule has 4 heteroatoms. The van der Waals surface area contributed by atoms with E-state index in [1.54, 1.807) is 0 Å². The highest BCUT2D eigenvalue weighted by molar-refractivity contribution is 7.99. The van der Waals surface area contributed by atoms with E-state index in [4.69, 9.17) is 0 Å². The van der Waals surface area contributed by atoms with Crippen molar-refractivity contribution in [3.63, 3.8) is 0 Å². The Morgan fingerprint density at radius 3 is 3.00 bits per heavy atom. The third kappa shape index (κ3) is 4.18. The summed E-state index contributed by atoms with van der Waals surface area (Å²) >= 11 is 2.03. The van der Waals surface area contributed by atoms with Crippen LogP contribution >= 0.6 is 11.8 Å². The van der Waals surface area contributed by atoms with Gasteiger partial charge in [0.2, 0.25) is 5.91 Å². The highest BCUT2D eigenvalue weighted by Crippen LogP contribution is 2.24. The van der Waals surface area contributed by atoms with E-state index in [-0.39, 0.29) is 11.8 Å². The predicted molar refractivity (Wildman–Crippen MR) is 73.3 cm³/mol.